The van der Waals surface area contributed by atoms with Crippen molar-refractivity contribution in [3.8, 4) is 0 Å². The second kappa shape index (κ2) is 9.99. The summed E-state index contributed by atoms with van der Waals surface area (Å²) in [5, 5.41) is 0. The molecule has 0 amide bonds. The van der Waals surface area contributed by atoms with Crippen molar-refractivity contribution in [2.24, 2.45) is 5.92 Å². The highest BCUT2D eigenvalue weighted by molar-refractivity contribution is 6.67. The van der Waals surface area contributed by atoms with Gasteiger partial charge in [-0.25, -0.2) is 0 Å². The molecule has 0 aliphatic heterocycles. The third-order valence-electron chi connectivity index (χ3n) is 3.48. The zero-order valence-corrected chi connectivity index (χ0v) is 14.4. The van der Waals surface area contributed by atoms with Gasteiger partial charge < -0.3 is 8.85 Å². The monoisotopic (exact) mass is 274 g/mol. The van der Waals surface area contributed by atoms with Crippen LogP contribution >= 0.6 is 0 Å². The van der Waals surface area contributed by atoms with E-state index in [-0.39, 0.29) is 0 Å². The van der Waals surface area contributed by atoms with Crippen molar-refractivity contribution in [3.05, 3.63) is 0 Å². The molecule has 0 aromatic carbocycles. The molecular formula is C15H34O2Si. The minimum atomic E-state index is -1.92. The fourth-order valence-electron chi connectivity index (χ4n) is 2.24. The van der Waals surface area contributed by atoms with Crippen LogP contribution in [0.1, 0.15) is 67.2 Å². The molecule has 0 fully saturated rings. The molecule has 0 spiro atoms. The second-order valence-corrected chi connectivity index (χ2v) is 9.48. The van der Waals surface area contributed by atoms with Gasteiger partial charge in [-0.3, -0.25) is 0 Å². The Hall–Kier alpha value is 0.137. The van der Waals surface area contributed by atoms with E-state index in [0.29, 0.717) is 6.10 Å². The van der Waals surface area contributed by atoms with Gasteiger partial charge in [0.15, 0.2) is 0 Å². The summed E-state index contributed by atoms with van der Waals surface area (Å²) in [7, 11) is -1.92. The highest BCUT2D eigenvalue weighted by Gasteiger charge is 2.35. The molecule has 0 saturated carbocycles. The van der Waals surface area contributed by atoms with E-state index in [0.717, 1.165) is 37.5 Å². The van der Waals surface area contributed by atoms with E-state index in [4.69, 9.17) is 8.85 Å². The van der Waals surface area contributed by atoms with Gasteiger partial charge >= 0.3 is 8.56 Å². The van der Waals surface area contributed by atoms with E-state index in [1.54, 1.807) is 0 Å². The summed E-state index contributed by atoms with van der Waals surface area (Å²) in [4.78, 5) is 0. The maximum absolute atomic E-state index is 6.30. The molecule has 1 atom stereocenters. The lowest BCUT2D eigenvalue weighted by molar-refractivity contribution is 0.114. The summed E-state index contributed by atoms with van der Waals surface area (Å²) in [6.07, 6.45) is 5.10. The molecule has 0 rings (SSSR count). The van der Waals surface area contributed by atoms with Gasteiger partial charge in [0.2, 0.25) is 0 Å². The lowest BCUT2D eigenvalue weighted by atomic mass is 10.1. The lowest BCUT2D eigenvalue weighted by Gasteiger charge is -2.32. The van der Waals surface area contributed by atoms with Crippen molar-refractivity contribution < 1.29 is 8.85 Å². The summed E-state index contributed by atoms with van der Waals surface area (Å²) in [6.45, 7) is 14.3. The number of rotatable bonds is 11. The van der Waals surface area contributed by atoms with Gasteiger partial charge in [0.05, 0.1) is 0 Å². The van der Waals surface area contributed by atoms with E-state index in [9.17, 15) is 0 Å². The Morgan fingerprint density at radius 2 is 1.56 bits per heavy atom. The van der Waals surface area contributed by atoms with E-state index < -0.39 is 8.56 Å². The molecule has 110 valence electrons. The maximum Gasteiger partial charge on any atom is 0.337 e. The van der Waals surface area contributed by atoms with Gasteiger partial charge in [-0.1, -0.05) is 41.0 Å². The standard InChI is InChI=1S/C15H34O2Si/c1-7-11-15(6)17-18(8-2,9-3)16-13-10-12-14(4)5/h14-15H,7-13H2,1-6H3. The van der Waals surface area contributed by atoms with Crippen molar-refractivity contribution in [1.82, 2.24) is 0 Å². The Bertz CT molecular complexity index is 191. The molecule has 0 aromatic rings. The first-order valence-corrected chi connectivity index (χ1v) is 10.0. The summed E-state index contributed by atoms with van der Waals surface area (Å²) < 4.78 is 12.5. The van der Waals surface area contributed by atoms with E-state index in [1.165, 1.54) is 12.8 Å². The molecule has 1 unspecified atom stereocenters. The molecule has 0 radical (unpaired) electrons. The minimum absolute atomic E-state index is 0.353. The van der Waals surface area contributed by atoms with Gasteiger partial charge in [0.25, 0.3) is 0 Å². The van der Waals surface area contributed by atoms with Crippen molar-refractivity contribution in [2.75, 3.05) is 6.61 Å². The largest absolute Gasteiger partial charge is 0.394 e. The van der Waals surface area contributed by atoms with Gasteiger partial charge in [0, 0.05) is 12.7 Å². The van der Waals surface area contributed by atoms with E-state index in [2.05, 4.69) is 41.5 Å². The van der Waals surface area contributed by atoms with Gasteiger partial charge in [-0.15, -0.1) is 0 Å². The first-order valence-electron chi connectivity index (χ1n) is 7.81. The predicted molar refractivity (Wildman–Crippen MR) is 82.2 cm³/mol. The summed E-state index contributed by atoms with van der Waals surface area (Å²) in [6, 6.07) is 2.14. The fourth-order valence-corrected chi connectivity index (χ4v) is 4.91. The third kappa shape index (κ3) is 7.55. The van der Waals surface area contributed by atoms with Crippen LogP contribution < -0.4 is 0 Å². The molecule has 0 aliphatic rings. The van der Waals surface area contributed by atoms with Crippen LogP contribution in [0.3, 0.4) is 0 Å². The van der Waals surface area contributed by atoms with E-state index >= 15 is 0 Å². The fraction of sp³-hybridized carbons (Fsp3) is 1.00. The Labute approximate surface area is 116 Å². The SMILES string of the molecule is CCCC(C)O[Si](CC)(CC)OCCCC(C)C. The molecule has 3 heteroatoms. The Kier molecular flexibility index (Phi) is 10.1. The smallest absolute Gasteiger partial charge is 0.337 e. The molecule has 0 N–H and O–H groups in total. The third-order valence-corrected chi connectivity index (χ3v) is 7.20. The van der Waals surface area contributed by atoms with Gasteiger partial charge in [-0.05, 0) is 44.2 Å². The van der Waals surface area contributed by atoms with E-state index in [1.807, 2.05) is 0 Å². The predicted octanol–water partition coefficient (Wildman–Crippen LogP) is 5.13. The lowest BCUT2D eigenvalue weighted by Crippen LogP contribution is -2.43. The molecule has 2 nitrogen and oxygen atoms in total. The summed E-state index contributed by atoms with van der Waals surface area (Å²) in [5.41, 5.74) is 0. The minimum Gasteiger partial charge on any atom is -0.394 e. The molecule has 0 bridgehead atoms. The number of hydrogen-bond donors (Lipinski definition) is 0. The van der Waals surface area contributed by atoms with Crippen LogP contribution in [0.5, 0.6) is 0 Å². The van der Waals surface area contributed by atoms with Crippen molar-refractivity contribution in [2.45, 2.75) is 85.4 Å². The van der Waals surface area contributed by atoms with Crippen LogP contribution in [0.25, 0.3) is 0 Å². The molecule has 0 heterocycles. The second-order valence-electron chi connectivity index (χ2n) is 5.72. The average Bonchev–Trinajstić information content (AvgIpc) is 2.33. The van der Waals surface area contributed by atoms with Crippen molar-refractivity contribution in [3.63, 3.8) is 0 Å². The molecular weight excluding hydrogens is 240 g/mol. The Morgan fingerprint density at radius 3 is 2.00 bits per heavy atom. The Balaban J connectivity index is 4.16. The van der Waals surface area contributed by atoms with Crippen LogP contribution in [-0.2, 0) is 8.85 Å². The van der Waals surface area contributed by atoms with Crippen LogP contribution in [0.2, 0.25) is 12.1 Å². The molecule has 0 saturated heterocycles. The number of hydrogen-bond acceptors (Lipinski definition) is 2. The van der Waals surface area contributed by atoms with Gasteiger partial charge in [0.1, 0.15) is 0 Å². The molecule has 0 aromatic heterocycles. The topological polar surface area (TPSA) is 18.5 Å². The highest BCUT2D eigenvalue weighted by atomic mass is 28.4. The normalized spacial score (nSPS) is 14.2. The van der Waals surface area contributed by atoms with Crippen molar-refractivity contribution >= 4 is 8.56 Å². The molecule has 18 heavy (non-hydrogen) atoms. The first-order chi connectivity index (χ1) is 8.49. The Morgan fingerprint density at radius 1 is 0.944 bits per heavy atom. The summed E-state index contributed by atoms with van der Waals surface area (Å²) in [5.74, 6) is 0.771. The van der Waals surface area contributed by atoms with Crippen LogP contribution in [0.15, 0.2) is 0 Å². The van der Waals surface area contributed by atoms with Gasteiger partial charge in [-0.2, -0.15) is 0 Å². The first kappa shape index (κ1) is 18.1. The zero-order valence-electron chi connectivity index (χ0n) is 13.4. The van der Waals surface area contributed by atoms with Crippen molar-refractivity contribution in [1.29, 1.82) is 0 Å². The molecule has 0 aliphatic carbocycles. The average molecular weight is 275 g/mol. The van der Waals surface area contributed by atoms with Crippen LogP contribution in [0, 0.1) is 5.92 Å². The van der Waals surface area contributed by atoms with Crippen LogP contribution in [0.4, 0.5) is 0 Å². The van der Waals surface area contributed by atoms with Crippen LogP contribution in [-0.4, -0.2) is 21.3 Å². The summed E-state index contributed by atoms with van der Waals surface area (Å²) >= 11 is 0. The highest BCUT2D eigenvalue weighted by Crippen LogP contribution is 2.22. The maximum atomic E-state index is 6.30. The zero-order chi connectivity index (χ0) is 14.0. The quantitative estimate of drug-likeness (QED) is 0.384.